The van der Waals surface area contributed by atoms with Crippen LogP contribution in [0, 0.1) is 35.9 Å². The molecule has 0 aliphatic rings. The Hall–Kier alpha value is 1.32. The summed E-state index contributed by atoms with van der Waals surface area (Å²) in [4.78, 5) is 0. The topological polar surface area (TPSA) is 0 Å². The van der Waals surface area contributed by atoms with Crippen molar-refractivity contribution in [3.63, 3.8) is 0 Å². The van der Waals surface area contributed by atoms with Crippen LogP contribution in [0.3, 0.4) is 0 Å². The Labute approximate surface area is 66.2 Å². The first kappa shape index (κ1) is 8.32. The van der Waals surface area contributed by atoms with Crippen molar-refractivity contribution in [1.29, 1.82) is 0 Å². The molecule has 0 aliphatic heterocycles. The molecule has 0 N–H and O–H groups in total. The third-order valence-electron chi connectivity index (χ3n) is 0.905. The van der Waals surface area contributed by atoms with E-state index in [1.54, 1.807) is 2.20 Å². The zero-order chi connectivity index (χ0) is 5.54. The molecule has 0 radical (unpaired) electrons. The van der Waals surface area contributed by atoms with Crippen LogP contribution in [0.25, 0.3) is 0 Å². The molecule has 0 atom stereocenters. The fraction of sp³-hybridized carbons (Fsp3) is 1.00. The Morgan fingerprint density at radius 1 is 1.29 bits per heavy atom. The van der Waals surface area contributed by atoms with Crippen LogP contribution in [-0.2, 0) is 0 Å². The molecular weight excluding hydrogens is 229 g/mol. The van der Waals surface area contributed by atoms with Crippen LogP contribution >= 0.6 is 0 Å². The molecule has 0 amide bonds. The minimum atomic E-state index is 0.394. The van der Waals surface area contributed by atoms with Crippen molar-refractivity contribution in [2.24, 2.45) is 0 Å². The summed E-state index contributed by atoms with van der Waals surface area (Å²) in [5.41, 5.74) is 0. The second-order valence-electron chi connectivity index (χ2n) is 1.63. The van der Waals surface area contributed by atoms with Gasteiger partial charge in [0.2, 0.25) is 0 Å². The van der Waals surface area contributed by atoms with Gasteiger partial charge in [-0.2, -0.15) is 0 Å². The van der Waals surface area contributed by atoms with Crippen molar-refractivity contribution < 1.29 is 35.9 Å². The maximum absolute atomic E-state index is 2.38. The average Bonchev–Trinajstić information content (AvgIpc) is 1.69. The molecule has 1 heteroatoms. The molecule has 0 unspecified atom stereocenters. The fourth-order valence-corrected chi connectivity index (χ4v) is 1.83. The standard InChI is InChI=1S/C5H11.CH3.Gd/c1-3-5-4-2;;/h1,3-5H2,2H3;1H3;. The Morgan fingerprint density at radius 3 is 2.43 bits per heavy atom. The molecule has 0 aromatic heterocycles. The summed E-state index contributed by atoms with van der Waals surface area (Å²) in [6.07, 6.45) is 4.34. The molecule has 0 aromatic carbocycles. The van der Waals surface area contributed by atoms with Gasteiger partial charge in [-0.15, -0.1) is 0 Å². The molecule has 0 aromatic rings. The average molecular weight is 243 g/mol. The molecule has 0 rings (SSSR count). The Bertz CT molecular complexity index is 23.4. The molecule has 46 valence electrons. The molecule has 0 saturated carbocycles. The van der Waals surface area contributed by atoms with Gasteiger partial charge in [-0.3, -0.25) is 0 Å². The molecule has 0 bridgehead atoms. The molecule has 0 spiro atoms. The first-order valence-electron chi connectivity index (χ1n) is 2.81. The van der Waals surface area contributed by atoms with E-state index in [4.69, 9.17) is 0 Å². The van der Waals surface area contributed by atoms with Crippen molar-refractivity contribution in [3.8, 4) is 0 Å². The summed E-state index contributed by atoms with van der Waals surface area (Å²) in [5, 5.41) is 0. The predicted octanol–water partition coefficient (Wildman–Crippen LogP) is 2.73. The molecule has 0 saturated heterocycles. The van der Waals surface area contributed by atoms with Gasteiger partial charge in [0.25, 0.3) is 0 Å². The van der Waals surface area contributed by atoms with E-state index in [1.807, 2.05) is 0 Å². The fourth-order valence-electron chi connectivity index (χ4n) is 0.463. The van der Waals surface area contributed by atoms with E-state index in [0.717, 1.165) is 0 Å². The van der Waals surface area contributed by atoms with Gasteiger partial charge < -0.3 is 0 Å². The summed E-state index contributed by atoms with van der Waals surface area (Å²) in [6, 6.07) is 0. The summed E-state index contributed by atoms with van der Waals surface area (Å²) in [6.45, 7) is 2.26. The first-order chi connectivity index (χ1) is 3.41. The molecular formula is C6H14Gd. The van der Waals surface area contributed by atoms with Crippen molar-refractivity contribution in [2.75, 3.05) is 0 Å². The van der Waals surface area contributed by atoms with Crippen LogP contribution in [-0.4, -0.2) is 0 Å². The van der Waals surface area contributed by atoms with Gasteiger partial charge in [0.15, 0.2) is 0 Å². The van der Waals surface area contributed by atoms with Crippen molar-refractivity contribution in [1.82, 2.24) is 0 Å². The second-order valence-corrected chi connectivity index (χ2v) is 4.37. The Morgan fingerprint density at radius 2 is 2.00 bits per heavy atom. The van der Waals surface area contributed by atoms with Crippen LogP contribution in [0.5, 0.6) is 0 Å². The molecule has 0 fully saturated rings. The van der Waals surface area contributed by atoms with E-state index in [9.17, 15) is 0 Å². The van der Waals surface area contributed by atoms with E-state index in [-0.39, 0.29) is 0 Å². The normalized spacial score (nSPS) is 10.0. The molecule has 0 heterocycles. The van der Waals surface area contributed by atoms with E-state index in [2.05, 4.69) is 9.63 Å². The van der Waals surface area contributed by atoms with E-state index >= 15 is 0 Å². The molecule has 0 nitrogen and oxygen atoms in total. The van der Waals surface area contributed by atoms with Gasteiger partial charge in [0.1, 0.15) is 0 Å². The first-order valence-corrected chi connectivity index (χ1v) is 6.68. The van der Waals surface area contributed by atoms with E-state index in [1.165, 1.54) is 19.3 Å². The third kappa shape index (κ3) is 7.32. The zero-order valence-electron chi connectivity index (χ0n) is 5.18. The van der Waals surface area contributed by atoms with Gasteiger partial charge in [0.05, 0.1) is 0 Å². The van der Waals surface area contributed by atoms with Gasteiger partial charge in [-0.25, -0.2) is 0 Å². The van der Waals surface area contributed by atoms with Crippen molar-refractivity contribution in [3.05, 3.63) is 0 Å². The SMILES string of the molecule is CCCC[CH2][Gd][CH3]. The maximum atomic E-state index is 2.38. The molecule has 7 heavy (non-hydrogen) atoms. The van der Waals surface area contributed by atoms with Crippen molar-refractivity contribution >= 4 is 0 Å². The monoisotopic (exact) mass is 244 g/mol. The minimum absolute atomic E-state index is 0.394. The van der Waals surface area contributed by atoms with Gasteiger partial charge >= 0.3 is 67.0 Å². The molecule has 0 aliphatic carbocycles. The summed E-state index contributed by atoms with van der Waals surface area (Å²) in [7, 11) is 0. The number of hydrogen-bond acceptors (Lipinski definition) is 0. The number of unbranched alkanes of at least 4 members (excludes halogenated alkanes) is 2. The van der Waals surface area contributed by atoms with Crippen LogP contribution in [0.15, 0.2) is 0 Å². The predicted molar refractivity (Wildman–Crippen MR) is 30.2 cm³/mol. The third-order valence-corrected chi connectivity index (χ3v) is 2.84. The van der Waals surface area contributed by atoms with Gasteiger partial charge in [-0.1, -0.05) is 0 Å². The van der Waals surface area contributed by atoms with Crippen LogP contribution in [0.1, 0.15) is 26.2 Å². The van der Waals surface area contributed by atoms with E-state index < -0.39 is 0 Å². The second kappa shape index (κ2) is 7.32. The zero-order valence-corrected chi connectivity index (χ0v) is 7.45. The Kier molecular flexibility index (Phi) is 8.71. The van der Waals surface area contributed by atoms with Crippen LogP contribution < -0.4 is 0 Å². The Balaban J connectivity index is 2.45. The van der Waals surface area contributed by atoms with E-state index in [0.29, 0.717) is 35.9 Å². The number of hydrogen-bond donors (Lipinski definition) is 0. The van der Waals surface area contributed by atoms with Gasteiger partial charge in [0, 0.05) is 0 Å². The summed E-state index contributed by atoms with van der Waals surface area (Å²) >= 11 is 0.394. The quantitative estimate of drug-likeness (QED) is 0.666. The summed E-state index contributed by atoms with van der Waals surface area (Å²) in [5.74, 6) is 0. The van der Waals surface area contributed by atoms with Crippen molar-refractivity contribution in [2.45, 2.75) is 31.1 Å². The van der Waals surface area contributed by atoms with Crippen LogP contribution in [0.2, 0.25) is 4.90 Å². The number of rotatable bonds is 4. The van der Waals surface area contributed by atoms with Crippen LogP contribution in [0.4, 0.5) is 0 Å². The van der Waals surface area contributed by atoms with Gasteiger partial charge in [-0.05, 0) is 0 Å². The summed E-state index contributed by atoms with van der Waals surface area (Å²) < 4.78 is 3.95.